The van der Waals surface area contributed by atoms with Gasteiger partial charge in [-0.25, -0.2) is 0 Å². The molecule has 0 radical (unpaired) electrons. The minimum atomic E-state index is -0.118. The summed E-state index contributed by atoms with van der Waals surface area (Å²) in [7, 11) is 0.801. The van der Waals surface area contributed by atoms with Crippen molar-refractivity contribution in [1.82, 2.24) is 4.57 Å². The number of furan rings is 2. The first-order valence-corrected chi connectivity index (χ1v) is 23.2. The van der Waals surface area contributed by atoms with E-state index in [0.717, 1.165) is 68.1 Å². The van der Waals surface area contributed by atoms with Gasteiger partial charge in [0.2, 0.25) is 0 Å². The molecule has 316 valence electrons. The van der Waals surface area contributed by atoms with E-state index < -0.39 is 0 Å². The average Bonchev–Trinajstić information content (AvgIpc) is 3.99. The van der Waals surface area contributed by atoms with Crippen molar-refractivity contribution in [2.45, 2.75) is 78.6 Å². The van der Waals surface area contributed by atoms with Crippen molar-refractivity contribution in [3.8, 4) is 27.9 Å². The summed E-state index contributed by atoms with van der Waals surface area (Å²) >= 11 is 0. The monoisotopic (exact) mass is 842 g/mol. The highest BCUT2D eigenvalue weighted by Gasteiger charge is 2.38. The Morgan fingerprint density at radius 3 is 2.02 bits per heavy atom. The lowest BCUT2D eigenvalue weighted by atomic mass is 9.58. The van der Waals surface area contributed by atoms with Crippen molar-refractivity contribution in [3.63, 3.8) is 0 Å². The summed E-state index contributed by atoms with van der Waals surface area (Å²) in [4.78, 5) is 0. The number of aromatic nitrogens is 1. The minimum absolute atomic E-state index is 0.00237. The van der Waals surface area contributed by atoms with Gasteiger partial charge in [-0.05, 0) is 116 Å². The Labute approximate surface area is 380 Å². The zero-order valence-corrected chi connectivity index (χ0v) is 38.7. The lowest BCUT2D eigenvalue weighted by molar-refractivity contribution is 0.587. The zero-order chi connectivity index (χ0) is 44.5. The van der Waals surface area contributed by atoms with Gasteiger partial charge in [-0.15, -0.1) is 0 Å². The molecule has 8 aromatic carbocycles. The van der Waals surface area contributed by atoms with Gasteiger partial charge >= 0.3 is 0 Å². The number of aryl methyl sites for hydroxylation is 1. The van der Waals surface area contributed by atoms with Crippen LogP contribution in [0.4, 0.5) is 11.4 Å². The summed E-state index contributed by atoms with van der Waals surface area (Å²) in [6, 6.07) is 50.0. The van der Waals surface area contributed by atoms with Gasteiger partial charge in [0.25, 0.3) is 0 Å². The minimum Gasteiger partial charge on any atom is -0.456 e. The van der Waals surface area contributed by atoms with Gasteiger partial charge in [-0.3, -0.25) is 0 Å². The van der Waals surface area contributed by atoms with Gasteiger partial charge in [-0.1, -0.05) is 140 Å². The van der Waals surface area contributed by atoms with Crippen LogP contribution >= 0.6 is 0 Å². The Hall–Kier alpha value is -6.98. The van der Waals surface area contributed by atoms with Crippen LogP contribution in [-0.2, 0) is 16.2 Å². The Kier molecular flexibility index (Phi) is 7.61. The van der Waals surface area contributed by atoms with Gasteiger partial charge in [0, 0.05) is 66.3 Å². The molecular formula is C60H51BN2O2. The predicted octanol–water partition coefficient (Wildman–Crippen LogP) is 14.9. The SMILES string of the molecule is Cc1cc(-c2cc3c(cc2Nc2ccc(C(C)(C)C)cc2)oc2cc(C(C)(C)C)ccc23)c2c3c1c1cc4oc5ccccc5c4cc1n3-c1cc3c(cc1B2)C(C)(C)c1ccccc1-3. The van der Waals surface area contributed by atoms with Crippen LogP contribution in [0.25, 0.3) is 93.6 Å². The number of nitrogens with zero attached hydrogens (tertiary/aromatic N) is 1. The molecule has 0 fully saturated rings. The molecule has 13 rings (SSSR count). The van der Waals surface area contributed by atoms with Crippen molar-refractivity contribution in [2.24, 2.45) is 0 Å². The third-order valence-corrected chi connectivity index (χ3v) is 15.0. The van der Waals surface area contributed by atoms with Crippen LogP contribution in [0, 0.1) is 6.92 Å². The number of benzene rings is 8. The third kappa shape index (κ3) is 5.45. The first kappa shape index (κ1) is 38.5. The summed E-state index contributed by atoms with van der Waals surface area (Å²) in [5, 5.41) is 11.0. The number of anilines is 2. The number of para-hydroxylation sites is 1. The van der Waals surface area contributed by atoms with E-state index in [4.69, 9.17) is 8.83 Å². The van der Waals surface area contributed by atoms with Gasteiger partial charge < -0.3 is 18.7 Å². The van der Waals surface area contributed by atoms with Gasteiger partial charge in [0.05, 0.1) is 11.2 Å². The molecule has 3 aromatic heterocycles. The maximum absolute atomic E-state index is 6.78. The standard InChI is InChI=1S/C60H51BN2O2/c1-32-24-43(40-26-41-38-23-20-34(59(5,6)7)25-52(38)65-54(41)31-48(40)62-35-21-18-33(19-22-35)58(2,3)4)56-57-55(32)44-29-53-42(37-15-11-13-17-51(37)64-53)28-49(44)63(57)50-27-39-36-14-10-12-16-45(36)60(8,9)46(39)30-47(50)61-56/h10-31,61-62H,1-9H3. The molecule has 4 nitrogen and oxygen atoms in total. The second-order valence-electron chi connectivity index (χ2n) is 21.5. The van der Waals surface area contributed by atoms with Crippen molar-refractivity contribution in [3.05, 3.63) is 161 Å². The molecule has 4 heterocycles. The highest BCUT2D eigenvalue weighted by molar-refractivity contribution is 6.73. The van der Waals surface area contributed by atoms with Crippen LogP contribution < -0.4 is 16.2 Å². The number of nitrogens with one attached hydrogen (secondary N) is 1. The molecule has 0 unspecified atom stereocenters. The molecule has 0 saturated heterocycles. The van der Waals surface area contributed by atoms with E-state index in [2.05, 4.69) is 206 Å². The van der Waals surface area contributed by atoms with Crippen LogP contribution in [0.1, 0.15) is 83.2 Å². The van der Waals surface area contributed by atoms with Crippen LogP contribution in [0.2, 0.25) is 0 Å². The van der Waals surface area contributed by atoms with E-state index in [1.165, 1.54) is 82.9 Å². The molecule has 0 spiro atoms. The molecule has 5 heteroatoms. The first-order chi connectivity index (χ1) is 31.1. The van der Waals surface area contributed by atoms with Crippen LogP contribution in [0.5, 0.6) is 0 Å². The lowest BCUT2D eigenvalue weighted by Crippen LogP contribution is -2.38. The maximum Gasteiger partial charge on any atom is 0.198 e. The Bertz CT molecular complexity index is 3880. The summed E-state index contributed by atoms with van der Waals surface area (Å²) in [5.41, 5.74) is 23.7. The fourth-order valence-corrected chi connectivity index (χ4v) is 11.5. The molecule has 2 aliphatic rings. The van der Waals surface area contributed by atoms with Crippen molar-refractivity contribution < 1.29 is 8.83 Å². The summed E-state index contributed by atoms with van der Waals surface area (Å²) in [6.45, 7) is 20.7. The van der Waals surface area contributed by atoms with E-state index in [1.807, 2.05) is 0 Å². The van der Waals surface area contributed by atoms with Crippen molar-refractivity contribution >= 4 is 95.3 Å². The number of fused-ring (bicyclic) bond motifs is 14. The Balaban J connectivity index is 1.12. The molecule has 1 aliphatic heterocycles. The molecule has 0 saturated carbocycles. The number of hydrogen-bond acceptors (Lipinski definition) is 3. The second kappa shape index (κ2) is 12.8. The van der Waals surface area contributed by atoms with E-state index >= 15 is 0 Å². The fourth-order valence-electron chi connectivity index (χ4n) is 11.5. The quantitative estimate of drug-likeness (QED) is 0.180. The molecule has 0 amide bonds. The molecular weight excluding hydrogens is 791 g/mol. The van der Waals surface area contributed by atoms with E-state index in [0.29, 0.717) is 0 Å². The van der Waals surface area contributed by atoms with Crippen LogP contribution in [0.3, 0.4) is 0 Å². The topological polar surface area (TPSA) is 43.2 Å². The Morgan fingerprint density at radius 2 is 1.22 bits per heavy atom. The highest BCUT2D eigenvalue weighted by atomic mass is 16.3. The van der Waals surface area contributed by atoms with E-state index in [1.54, 1.807) is 0 Å². The molecule has 65 heavy (non-hydrogen) atoms. The molecule has 0 bridgehead atoms. The Morgan fingerprint density at radius 1 is 0.538 bits per heavy atom. The normalized spacial score (nSPS) is 14.2. The van der Waals surface area contributed by atoms with Crippen molar-refractivity contribution in [2.75, 3.05) is 5.32 Å². The fraction of sp³-hybridized carbons (Fsp3) is 0.200. The molecule has 0 atom stereocenters. The zero-order valence-electron chi connectivity index (χ0n) is 38.7. The van der Waals surface area contributed by atoms with Gasteiger partial charge in [0.1, 0.15) is 22.3 Å². The van der Waals surface area contributed by atoms with Gasteiger partial charge in [0.15, 0.2) is 7.28 Å². The molecule has 1 aliphatic carbocycles. The summed E-state index contributed by atoms with van der Waals surface area (Å²) < 4.78 is 16.0. The maximum atomic E-state index is 6.78. The highest BCUT2D eigenvalue weighted by Crippen LogP contribution is 2.50. The van der Waals surface area contributed by atoms with E-state index in [-0.39, 0.29) is 16.2 Å². The second-order valence-corrected chi connectivity index (χ2v) is 21.5. The smallest absolute Gasteiger partial charge is 0.198 e. The largest absolute Gasteiger partial charge is 0.456 e. The first-order valence-electron chi connectivity index (χ1n) is 23.2. The number of rotatable bonds is 3. The lowest BCUT2D eigenvalue weighted by Gasteiger charge is -2.27. The predicted molar refractivity (Wildman–Crippen MR) is 277 cm³/mol. The summed E-state index contributed by atoms with van der Waals surface area (Å²) in [5.74, 6) is 0. The van der Waals surface area contributed by atoms with Crippen LogP contribution in [0.15, 0.2) is 142 Å². The van der Waals surface area contributed by atoms with Crippen molar-refractivity contribution in [1.29, 1.82) is 0 Å². The third-order valence-electron chi connectivity index (χ3n) is 15.0. The van der Waals surface area contributed by atoms with E-state index in [9.17, 15) is 0 Å². The summed E-state index contributed by atoms with van der Waals surface area (Å²) in [6.07, 6.45) is 0. The average molecular weight is 843 g/mol. The molecule has 11 aromatic rings. The van der Waals surface area contributed by atoms with Gasteiger partial charge in [-0.2, -0.15) is 0 Å². The molecule has 1 N–H and O–H groups in total. The number of hydrogen-bond donors (Lipinski definition) is 1. The van der Waals surface area contributed by atoms with Crippen LogP contribution in [-0.4, -0.2) is 11.8 Å².